The van der Waals surface area contributed by atoms with Crippen LogP contribution in [0.4, 0.5) is 5.82 Å². The van der Waals surface area contributed by atoms with E-state index in [-0.39, 0.29) is 11.7 Å². The van der Waals surface area contributed by atoms with Gasteiger partial charge in [-0.1, -0.05) is 66.7 Å². The van der Waals surface area contributed by atoms with E-state index < -0.39 is 6.04 Å². The average Bonchev–Trinajstić information content (AvgIpc) is 3.15. The van der Waals surface area contributed by atoms with E-state index in [1.54, 1.807) is 35.0 Å². The number of hydrogen-bond donors (Lipinski definition) is 2. The Balaban J connectivity index is 1.58. The van der Waals surface area contributed by atoms with Crippen LogP contribution in [0, 0.1) is 6.92 Å². The van der Waals surface area contributed by atoms with Gasteiger partial charge < -0.3 is 5.11 Å². The Hall–Kier alpha value is -4.25. The minimum Gasteiger partial charge on any atom is -0.508 e. The van der Waals surface area contributed by atoms with Gasteiger partial charge in [0.05, 0.1) is 0 Å². The fourth-order valence-corrected chi connectivity index (χ4v) is 4.07. The Morgan fingerprint density at radius 1 is 1.03 bits per heavy atom. The van der Waals surface area contributed by atoms with Gasteiger partial charge in [0, 0.05) is 17.6 Å². The lowest BCUT2D eigenvalue weighted by Gasteiger charge is -2.09. The van der Waals surface area contributed by atoms with E-state index in [0.29, 0.717) is 23.6 Å². The average molecular weight is 435 g/mol. The molecule has 33 heavy (non-hydrogen) atoms. The molecule has 5 heteroatoms. The van der Waals surface area contributed by atoms with Gasteiger partial charge in [-0.3, -0.25) is 5.32 Å². The Labute approximate surface area is 192 Å². The summed E-state index contributed by atoms with van der Waals surface area (Å²) in [5.74, 6) is 0.793. The largest absolute Gasteiger partial charge is 0.508 e. The van der Waals surface area contributed by atoms with E-state index in [1.807, 2.05) is 37.3 Å². The minimum absolute atomic E-state index is 0.0323. The summed E-state index contributed by atoms with van der Waals surface area (Å²) in [6, 6.07) is 24.5. The molecule has 1 aliphatic rings. The monoisotopic (exact) mass is 434 g/mol. The molecule has 0 bridgehead atoms. The lowest BCUT2D eigenvalue weighted by Crippen LogP contribution is -2.44. The van der Waals surface area contributed by atoms with Gasteiger partial charge in [0.15, 0.2) is 11.7 Å². The molecular weight excluding hydrogens is 410 g/mol. The van der Waals surface area contributed by atoms with Crippen LogP contribution in [0.3, 0.4) is 0 Å². The van der Waals surface area contributed by atoms with Crippen LogP contribution in [0.25, 0.3) is 16.8 Å². The fraction of sp³-hybridized carbons (Fsp3) is 0.107. The van der Waals surface area contributed by atoms with Crippen LogP contribution in [0.5, 0.6) is 5.75 Å². The summed E-state index contributed by atoms with van der Waals surface area (Å²) in [5, 5.41) is 13.1. The molecule has 1 aromatic heterocycles. The van der Waals surface area contributed by atoms with E-state index in [0.717, 1.165) is 22.3 Å². The molecule has 0 radical (unpaired) electrons. The number of aromatic nitrogens is 2. The normalized spacial score (nSPS) is 14.6. The number of aryl methyl sites for hydroxylation is 1. The SMILES string of the molecule is C=C(c1ccccc1)c1nc(-c2ccc(O)cc2)c[n+]2c1NC(Cc1ccc(C)cc1)C2=O. The lowest BCUT2D eigenvalue weighted by molar-refractivity contribution is -0.552. The number of nitrogens with zero attached hydrogens (tertiary/aromatic N) is 2. The molecule has 0 saturated heterocycles. The van der Waals surface area contributed by atoms with E-state index >= 15 is 0 Å². The van der Waals surface area contributed by atoms with E-state index in [2.05, 4.69) is 36.2 Å². The van der Waals surface area contributed by atoms with Crippen molar-refractivity contribution in [2.75, 3.05) is 5.32 Å². The third kappa shape index (κ3) is 4.01. The van der Waals surface area contributed by atoms with E-state index in [9.17, 15) is 9.90 Å². The van der Waals surface area contributed by atoms with Gasteiger partial charge in [-0.05, 0) is 42.3 Å². The number of anilines is 1. The van der Waals surface area contributed by atoms with Gasteiger partial charge in [0.25, 0.3) is 0 Å². The number of rotatable bonds is 5. The molecule has 1 aliphatic heterocycles. The van der Waals surface area contributed by atoms with Crippen molar-refractivity contribution in [2.24, 2.45) is 0 Å². The van der Waals surface area contributed by atoms with Crippen molar-refractivity contribution >= 4 is 17.3 Å². The molecule has 5 rings (SSSR count). The third-order valence-corrected chi connectivity index (χ3v) is 5.93. The summed E-state index contributed by atoms with van der Waals surface area (Å²) in [5.41, 5.74) is 6.02. The molecule has 3 aromatic carbocycles. The molecule has 0 aliphatic carbocycles. The maximum atomic E-state index is 13.4. The van der Waals surface area contributed by atoms with Crippen LogP contribution in [-0.4, -0.2) is 22.0 Å². The fourth-order valence-electron chi connectivity index (χ4n) is 4.07. The molecule has 5 nitrogen and oxygen atoms in total. The highest BCUT2D eigenvalue weighted by Crippen LogP contribution is 2.30. The second kappa shape index (κ2) is 8.36. The summed E-state index contributed by atoms with van der Waals surface area (Å²) in [6.45, 7) is 6.35. The quantitative estimate of drug-likeness (QED) is 0.443. The Bertz CT molecular complexity index is 1340. The summed E-state index contributed by atoms with van der Waals surface area (Å²) >= 11 is 0. The Kier molecular flexibility index (Phi) is 5.23. The zero-order chi connectivity index (χ0) is 22.9. The van der Waals surface area contributed by atoms with Gasteiger partial charge in [-0.2, -0.15) is 4.57 Å². The topological polar surface area (TPSA) is 66.1 Å². The van der Waals surface area contributed by atoms with Gasteiger partial charge in [-0.25, -0.2) is 9.78 Å². The minimum atomic E-state index is -0.396. The van der Waals surface area contributed by atoms with Crippen molar-refractivity contribution in [1.82, 2.24) is 4.98 Å². The predicted octanol–water partition coefficient (Wildman–Crippen LogP) is 4.79. The van der Waals surface area contributed by atoms with Gasteiger partial charge in [0.1, 0.15) is 17.6 Å². The molecule has 0 fully saturated rings. The van der Waals surface area contributed by atoms with E-state index in [1.165, 1.54) is 5.56 Å². The van der Waals surface area contributed by atoms with Gasteiger partial charge in [0.2, 0.25) is 0 Å². The number of carbonyl (C=O) groups is 1. The molecule has 1 unspecified atom stereocenters. The van der Waals surface area contributed by atoms with Gasteiger partial charge in [-0.15, -0.1) is 0 Å². The van der Waals surface area contributed by atoms with Crippen molar-refractivity contribution in [1.29, 1.82) is 0 Å². The number of aromatic hydroxyl groups is 1. The van der Waals surface area contributed by atoms with Crippen molar-refractivity contribution in [3.8, 4) is 17.0 Å². The molecule has 4 aromatic rings. The Morgan fingerprint density at radius 2 is 1.73 bits per heavy atom. The zero-order valence-corrected chi connectivity index (χ0v) is 18.3. The van der Waals surface area contributed by atoms with Crippen molar-refractivity contribution in [2.45, 2.75) is 19.4 Å². The molecule has 1 atom stereocenters. The standard InChI is InChI=1S/C28H23N3O2/c1-18-8-10-20(11-9-18)16-24-28(33)31-17-25(22-12-14-23(32)15-13-22)29-26(27(31)30-24)19(2)21-6-4-3-5-7-21/h3-15,17,24,32H,2,16H2,1H3/p+1. The van der Waals surface area contributed by atoms with Crippen LogP contribution < -0.4 is 9.88 Å². The summed E-state index contributed by atoms with van der Waals surface area (Å²) in [6.07, 6.45) is 2.33. The summed E-state index contributed by atoms with van der Waals surface area (Å²) in [7, 11) is 0. The molecule has 0 amide bonds. The Morgan fingerprint density at radius 3 is 2.42 bits per heavy atom. The molecule has 162 valence electrons. The number of carbonyl (C=O) groups excluding carboxylic acids is 1. The zero-order valence-electron chi connectivity index (χ0n) is 18.3. The first-order valence-electron chi connectivity index (χ1n) is 10.9. The van der Waals surface area contributed by atoms with Crippen molar-refractivity contribution in [3.05, 3.63) is 114 Å². The molecular formula is C28H24N3O2+. The molecule has 0 spiro atoms. The van der Waals surface area contributed by atoms with Crippen LogP contribution in [0.2, 0.25) is 0 Å². The lowest BCUT2D eigenvalue weighted by atomic mass is 10.0. The summed E-state index contributed by atoms with van der Waals surface area (Å²) in [4.78, 5) is 18.3. The van der Waals surface area contributed by atoms with Crippen molar-refractivity contribution < 1.29 is 14.5 Å². The number of benzene rings is 3. The number of phenolic OH excluding ortho intramolecular Hbond substituents is 1. The van der Waals surface area contributed by atoms with Crippen LogP contribution >= 0.6 is 0 Å². The summed E-state index contributed by atoms with van der Waals surface area (Å²) < 4.78 is 1.65. The van der Waals surface area contributed by atoms with E-state index in [4.69, 9.17) is 4.98 Å². The molecule has 0 saturated carbocycles. The number of nitrogens with one attached hydrogen (secondary N) is 1. The highest BCUT2D eigenvalue weighted by Gasteiger charge is 2.41. The molecule has 2 heterocycles. The smallest absolute Gasteiger partial charge is 0.359 e. The molecule has 2 N–H and O–H groups in total. The number of hydrogen-bond acceptors (Lipinski definition) is 4. The van der Waals surface area contributed by atoms with Gasteiger partial charge >= 0.3 is 11.7 Å². The predicted molar refractivity (Wildman–Crippen MR) is 129 cm³/mol. The second-order valence-electron chi connectivity index (χ2n) is 8.31. The maximum absolute atomic E-state index is 13.4. The first-order chi connectivity index (χ1) is 16.0. The first-order valence-corrected chi connectivity index (χ1v) is 10.9. The highest BCUT2D eigenvalue weighted by molar-refractivity contribution is 5.88. The number of phenols is 1. The number of fused-ring (bicyclic) bond motifs is 1. The highest BCUT2D eigenvalue weighted by atomic mass is 16.3. The van der Waals surface area contributed by atoms with Crippen LogP contribution in [0.15, 0.2) is 91.6 Å². The van der Waals surface area contributed by atoms with Crippen molar-refractivity contribution in [3.63, 3.8) is 0 Å². The third-order valence-electron chi connectivity index (χ3n) is 5.93. The second-order valence-corrected chi connectivity index (χ2v) is 8.31. The first kappa shape index (κ1) is 20.6. The maximum Gasteiger partial charge on any atom is 0.359 e. The van der Waals surface area contributed by atoms with Crippen LogP contribution in [-0.2, 0) is 6.42 Å². The van der Waals surface area contributed by atoms with Crippen LogP contribution in [0.1, 0.15) is 27.2 Å².